The van der Waals surface area contributed by atoms with Gasteiger partial charge in [-0.3, -0.25) is 14.7 Å². The fourth-order valence-corrected chi connectivity index (χ4v) is 4.69. The van der Waals surface area contributed by atoms with Gasteiger partial charge in [0, 0.05) is 37.6 Å². The largest absolute Gasteiger partial charge is 0.497 e. The van der Waals surface area contributed by atoms with Crippen LogP contribution in [0.5, 0.6) is 5.75 Å². The summed E-state index contributed by atoms with van der Waals surface area (Å²) in [5.41, 5.74) is 2.06. The Balaban J connectivity index is 1.35. The molecule has 0 bridgehead atoms. The van der Waals surface area contributed by atoms with Crippen LogP contribution in [0.3, 0.4) is 0 Å². The number of piperidine rings is 1. The van der Waals surface area contributed by atoms with Gasteiger partial charge in [0.1, 0.15) is 5.75 Å². The third kappa shape index (κ3) is 4.01. The molecule has 5 heteroatoms. The van der Waals surface area contributed by atoms with Crippen molar-refractivity contribution in [3.63, 3.8) is 0 Å². The van der Waals surface area contributed by atoms with E-state index in [4.69, 9.17) is 4.74 Å². The number of nitrogens with one attached hydrogen (secondary N) is 1. The molecular formula is C24H31N3O2. The van der Waals surface area contributed by atoms with Crippen LogP contribution in [0.25, 0.3) is 0 Å². The molecule has 4 rings (SSSR count). The molecule has 1 aromatic heterocycles. The highest BCUT2D eigenvalue weighted by Crippen LogP contribution is 2.44. The Morgan fingerprint density at radius 3 is 2.34 bits per heavy atom. The van der Waals surface area contributed by atoms with Gasteiger partial charge in [-0.2, -0.15) is 0 Å². The number of amides is 1. The Morgan fingerprint density at radius 1 is 1.14 bits per heavy atom. The van der Waals surface area contributed by atoms with E-state index >= 15 is 0 Å². The lowest BCUT2D eigenvalue weighted by molar-refractivity contribution is -0.131. The fourth-order valence-electron chi connectivity index (χ4n) is 4.69. The predicted molar refractivity (Wildman–Crippen MR) is 114 cm³/mol. The van der Waals surface area contributed by atoms with Gasteiger partial charge in [-0.1, -0.05) is 18.6 Å². The summed E-state index contributed by atoms with van der Waals surface area (Å²) in [6.45, 7) is 4.26. The highest BCUT2D eigenvalue weighted by atomic mass is 16.5. The minimum absolute atomic E-state index is 0.203. The number of methoxy groups -OCH3 is 1. The Morgan fingerprint density at radius 2 is 1.79 bits per heavy atom. The second-order valence-electron chi connectivity index (χ2n) is 8.40. The molecule has 2 aromatic rings. The molecule has 29 heavy (non-hydrogen) atoms. The molecule has 1 atom stereocenters. The molecule has 1 N–H and O–H groups in total. The maximum Gasteiger partial charge on any atom is 0.230 e. The van der Waals surface area contributed by atoms with Gasteiger partial charge in [-0.05, 0) is 68.0 Å². The number of carbonyl (C=O) groups is 1. The van der Waals surface area contributed by atoms with Crippen molar-refractivity contribution in [3.8, 4) is 5.75 Å². The number of rotatable bonds is 6. The zero-order chi connectivity index (χ0) is 20.3. The topological polar surface area (TPSA) is 54.5 Å². The van der Waals surface area contributed by atoms with Crippen molar-refractivity contribution in [2.24, 2.45) is 0 Å². The molecule has 154 valence electrons. The number of hydrogen-bond donors (Lipinski definition) is 1. The first-order valence-corrected chi connectivity index (χ1v) is 10.7. The minimum atomic E-state index is -0.353. The molecule has 1 saturated heterocycles. The van der Waals surface area contributed by atoms with Crippen LogP contribution in [0.1, 0.15) is 56.2 Å². The van der Waals surface area contributed by atoms with Crippen molar-refractivity contribution in [1.82, 2.24) is 15.2 Å². The predicted octanol–water partition coefficient (Wildman–Crippen LogP) is 3.85. The van der Waals surface area contributed by atoms with Gasteiger partial charge in [0.15, 0.2) is 0 Å². The molecule has 0 spiro atoms. The van der Waals surface area contributed by atoms with E-state index in [2.05, 4.69) is 46.4 Å². The summed E-state index contributed by atoms with van der Waals surface area (Å²) < 4.78 is 5.27. The molecule has 1 aromatic carbocycles. The Bertz CT molecular complexity index is 810. The van der Waals surface area contributed by atoms with Gasteiger partial charge in [0.25, 0.3) is 0 Å². The second kappa shape index (κ2) is 8.54. The van der Waals surface area contributed by atoms with Crippen LogP contribution in [0, 0.1) is 0 Å². The first-order chi connectivity index (χ1) is 14.1. The zero-order valence-electron chi connectivity index (χ0n) is 17.4. The monoisotopic (exact) mass is 393 g/mol. The fraction of sp³-hybridized carbons (Fsp3) is 0.500. The van der Waals surface area contributed by atoms with E-state index in [0.29, 0.717) is 6.04 Å². The molecule has 1 aliphatic carbocycles. The average molecular weight is 394 g/mol. The quantitative estimate of drug-likeness (QED) is 0.810. The summed E-state index contributed by atoms with van der Waals surface area (Å²) in [5, 5.41) is 3.38. The van der Waals surface area contributed by atoms with Crippen LogP contribution in [0.4, 0.5) is 0 Å². The number of ether oxygens (including phenoxy) is 1. The van der Waals surface area contributed by atoms with Crippen LogP contribution >= 0.6 is 0 Å². The van der Waals surface area contributed by atoms with Gasteiger partial charge in [0.2, 0.25) is 5.91 Å². The van der Waals surface area contributed by atoms with E-state index < -0.39 is 0 Å². The van der Waals surface area contributed by atoms with Crippen molar-refractivity contribution in [2.45, 2.75) is 56.5 Å². The molecular weight excluding hydrogens is 362 g/mol. The van der Waals surface area contributed by atoms with E-state index in [0.717, 1.165) is 56.5 Å². The summed E-state index contributed by atoms with van der Waals surface area (Å²) in [6.07, 6.45) is 8.69. The van der Waals surface area contributed by atoms with Crippen molar-refractivity contribution in [2.75, 3.05) is 20.2 Å². The average Bonchev–Trinajstić information content (AvgIpc) is 2.74. The van der Waals surface area contributed by atoms with Gasteiger partial charge in [-0.25, -0.2) is 0 Å². The molecule has 1 amide bonds. The first-order valence-electron chi connectivity index (χ1n) is 10.7. The standard InChI is InChI=1S/C24H31N3O2/c1-18(19-8-14-25-15-9-19)27-16-10-21(11-17-27)26-23(28)24(12-3-13-24)20-4-6-22(29-2)7-5-20/h4-9,14-15,18,21H,3,10-13,16-17H2,1-2H3,(H,26,28). The zero-order valence-corrected chi connectivity index (χ0v) is 17.4. The van der Waals surface area contributed by atoms with Crippen LogP contribution in [-0.2, 0) is 10.2 Å². The van der Waals surface area contributed by atoms with E-state index in [1.165, 1.54) is 5.56 Å². The normalized spacial score (nSPS) is 20.5. The Labute approximate surface area is 173 Å². The molecule has 1 aliphatic heterocycles. The van der Waals surface area contributed by atoms with E-state index in [-0.39, 0.29) is 17.4 Å². The van der Waals surface area contributed by atoms with Crippen molar-refractivity contribution >= 4 is 5.91 Å². The van der Waals surface area contributed by atoms with Crippen molar-refractivity contribution in [3.05, 3.63) is 59.9 Å². The lowest BCUT2D eigenvalue weighted by Gasteiger charge is -2.43. The Hall–Kier alpha value is -2.40. The van der Waals surface area contributed by atoms with E-state index in [1.54, 1.807) is 7.11 Å². The number of likely N-dealkylation sites (tertiary alicyclic amines) is 1. The number of hydrogen-bond acceptors (Lipinski definition) is 4. The van der Waals surface area contributed by atoms with Gasteiger partial charge in [-0.15, -0.1) is 0 Å². The third-order valence-corrected chi connectivity index (χ3v) is 6.89. The summed E-state index contributed by atoms with van der Waals surface area (Å²) in [5.74, 6) is 1.04. The molecule has 1 saturated carbocycles. The molecule has 2 heterocycles. The molecule has 0 radical (unpaired) electrons. The van der Waals surface area contributed by atoms with Crippen LogP contribution in [0.15, 0.2) is 48.8 Å². The van der Waals surface area contributed by atoms with Gasteiger partial charge >= 0.3 is 0 Å². The minimum Gasteiger partial charge on any atom is -0.497 e. The smallest absolute Gasteiger partial charge is 0.230 e. The summed E-state index contributed by atoms with van der Waals surface area (Å²) in [7, 11) is 1.67. The summed E-state index contributed by atoms with van der Waals surface area (Å²) in [4.78, 5) is 19.9. The van der Waals surface area contributed by atoms with Crippen LogP contribution in [0.2, 0.25) is 0 Å². The summed E-state index contributed by atoms with van der Waals surface area (Å²) >= 11 is 0. The highest BCUT2D eigenvalue weighted by Gasteiger charge is 2.46. The van der Waals surface area contributed by atoms with Gasteiger partial charge in [0.05, 0.1) is 12.5 Å². The summed E-state index contributed by atoms with van der Waals surface area (Å²) in [6, 6.07) is 12.9. The first kappa shape index (κ1) is 19.9. The Kier molecular flexibility index (Phi) is 5.86. The van der Waals surface area contributed by atoms with E-state index in [9.17, 15) is 4.79 Å². The maximum absolute atomic E-state index is 13.2. The lowest BCUT2D eigenvalue weighted by atomic mass is 9.63. The number of carbonyl (C=O) groups excluding carboxylic acids is 1. The van der Waals surface area contributed by atoms with Crippen LogP contribution < -0.4 is 10.1 Å². The number of nitrogens with zero attached hydrogens (tertiary/aromatic N) is 2. The maximum atomic E-state index is 13.2. The number of pyridine rings is 1. The SMILES string of the molecule is COc1ccc(C2(C(=O)NC3CCN(C(C)c4ccncc4)CC3)CCC2)cc1. The van der Waals surface area contributed by atoms with Crippen molar-refractivity contribution in [1.29, 1.82) is 0 Å². The number of aromatic nitrogens is 1. The third-order valence-electron chi connectivity index (χ3n) is 6.89. The van der Waals surface area contributed by atoms with Crippen molar-refractivity contribution < 1.29 is 9.53 Å². The lowest BCUT2D eigenvalue weighted by Crippen LogP contribution is -2.54. The highest BCUT2D eigenvalue weighted by molar-refractivity contribution is 5.89. The molecule has 2 fully saturated rings. The molecule has 2 aliphatic rings. The van der Waals surface area contributed by atoms with Gasteiger partial charge < -0.3 is 10.1 Å². The van der Waals surface area contributed by atoms with E-state index in [1.807, 2.05) is 24.5 Å². The van der Waals surface area contributed by atoms with Crippen LogP contribution in [-0.4, -0.2) is 42.0 Å². The second-order valence-corrected chi connectivity index (χ2v) is 8.40. The molecule has 1 unspecified atom stereocenters. The number of benzene rings is 1. The molecule has 5 nitrogen and oxygen atoms in total.